The first-order chi connectivity index (χ1) is 14.3. The van der Waals surface area contributed by atoms with Crippen LogP contribution < -0.4 is 14.8 Å². The van der Waals surface area contributed by atoms with Crippen LogP contribution in [0.4, 0.5) is 0 Å². The third-order valence-electron chi connectivity index (χ3n) is 4.46. The van der Waals surface area contributed by atoms with Crippen molar-refractivity contribution in [3.05, 3.63) is 59.7 Å². The molecule has 0 radical (unpaired) electrons. The summed E-state index contributed by atoms with van der Waals surface area (Å²) in [4.78, 5) is 12.9. The molecular formula is C22H30N2O5S. The second-order valence-electron chi connectivity index (χ2n) is 7.09. The molecule has 8 heteroatoms. The Hall–Kier alpha value is -2.42. The summed E-state index contributed by atoms with van der Waals surface area (Å²) in [6, 6.07) is 12.7. The van der Waals surface area contributed by atoms with E-state index in [9.17, 15) is 13.2 Å². The predicted octanol–water partition coefficient (Wildman–Crippen LogP) is 2.43. The number of benzene rings is 2. The Morgan fingerprint density at radius 1 is 1.13 bits per heavy atom. The molecule has 0 spiro atoms. The van der Waals surface area contributed by atoms with Crippen molar-refractivity contribution in [3.8, 4) is 5.75 Å². The second-order valence-corrected chi connectivity index (χ2v) is 8.80. The van der Waals surface area contributed by atoms with Gasteiger partial charge in [0.2, 0.25) is 15.9 Å². The summed E-state index contributed by atoms with van der Waals surface area (Å²) in [5.74, 6) is 0.220. The van der Waals surface area contributed by atoms with Gasteiger partial charge < -0.3 is 14.8 Å². The molecule has 2 aromatic rings. The molecule has 2 rings (SSSR count). The summed E-state index contributed by atoms with van der Waals surface area (Å²) in [6.45, 7) is 6.26. The number of methoxy groups -OCH3 is 1. The molecule has 0 saturated carbocycles. The van der Waals surface area contributed by atoms with Gasteiger partial charge in [0, 0.05) is 13.2 Å². The van der Waals surface area contributed by atoms with E-state index >= 15 is 0 Å². The number of hydrogen-bond donors (Lipinski definition) is 2. The maximum absolute atomic E-state index is 13.0. The summed E-state index contributed by atoms with van der Waals surface area (Å²) >= 11 is 0. The van der Waals surface area contributed by atoms with E-state index in [1.807, 2.05) is 37.3 Å². The number of sulfonamides is 1. The number of rotatable bonds is 11. The fourth-order valence-electron chi connectivity index (χ4n) is 3.03. The number of carbonyl (C=O) groups excluding carboxylic acids is 1. The van der Waals surface area contributed by atoms with Crippen LogP contribution in [0.2, 0.25) is 0 Å². The summed E-state index contributed by atoms with van der Waals surface area (Å²) < 4.78 is 39.1. The molecule has 0 fully saturated rings. The van der Waals surface area contributed by atoms with Crippen molar-refractivity contribution in [2.24, 2.45) is 0 Å². The van der Waals surface area contributed by atoms with E-state index in [0.717, 1.165) is 5.56 Å². The lowest BCUT2D eigenvalue weighted by Crippen LogP contribution is -2.50. The van der Waals surface area contributed by atoms with Gasteiger partial charge in [-0.05, 0) is 56.5 Å². The highest BCUT2D eigenvalue weighted by Crippen LogP contribution is 2.22. The molecule has 2 N–H and O–H groups in total. The van der Waals surface area contributed by atoms with Crippen molar-refractivity contribution in [3.63, 3.8) is 0 Å². The zero-order valence-corrected chi connectivity index (χ0v) is 18.7. The Bertz CT molecular complexity index is 932. The zero-order valence-electron chi connectivity index (χ0n) is 17.8. The Labute approximate surface area is 178 Å². The average molecular weight is 435 g/mol. The van der Waals surface area contributed by atoms with Gasteiger partial charge in [-0.2, -0.15) is 4.72 Å². The molecule has 2 aromatic carbocycles. The van der Waals surface area contributed by atoms with Crippen LogP contribution in [0.3, 0.4) is 0 Å². The number of ether oxygens (including phenoxy) is 2. The van der Waals surface area contributed by atoms with Crippen LogP contribution in [0.15, 0.2) is 53.4 Å². The van der Waals surface area contributed by atoms with Crippen LogP contribution in [0.5, 0.6) is 5.75 Å². The number of amides is 1. The van der Waals surface area contributed by atoms with Crippen molar-refractivity contribution in [1.29, 1.82) is 0 Å². The first-order valence-corrected chi connectivity index (χ1v) is 11.3. The van der Waals surface area contributed by atoms with Gasteiger partial charge in [-0.15, -0.1) is 0 Å². The minimum absolute atomic E-state index is 0.0826. The number of carbonyl (C=O) groups is 1. The van der Waals surface area contributed by atoms with Crippen LogP contribution in [0.25, 0.3) is 0 Å². The van der Waals surface area contributed by atoms with Gasteiger partial charge in [-0.1, -0.05) is 30.3 Å². The molecule has 164 valence electrons. The van der Waals surface area contributed by atoms with Gasteiger partial charge in [-0.3, -0.25) is 4.79 Å². The van der Waals surface area contributed by atoms with Crippen molar-refractivity contribution >= 4 is 15.9 Å². The summed E-state index contributed by atoms with van der Waals surface area (Å²) in [6.07, 6.45) is 0.224. The van der Waals surface area contributed by atoms with E-state index < -0.39 is 22.0 Å². The third-order valence-corrected chi connectivity index (χ3v) is 5.93. The summed E-state index contributed by atoms with van der Waals surface area (Å²) in [5.41, 5.74) is 1.56. The van der Waals surface area contributed by atoms with Crippen LogP contribution >= 0.6 is 0 Å². The van der Waals surface area contributed by atoms with E-state index in [1.165, 1.54) is 6.07 Å². The van der Waals surface area contributed by atoms with E-state index in [4.69, 9.17) is 9.47 Å². The topological polar surface area (TPSA) is 93.7 Å². The lowest BCUT2D eigenvalue weighted by atomic mass is 10.1. The first kappa shape index (κ1) is 23.9. The molecule has 0 aliphatic carbocycles. The molecule has 30 heavy (non-hydrogen) atoms. The first-order valence-electron chi connectivity index (χ1n) is 9.85. The monoisotopic (exact) mass is 434 g/mol. The highest BCUT2D eigenvalue weighted by atomic mass is 32.2. The highest BCUT2D eigenvalue weighted by molar-refractivity contribution is 7.89. The number of hydrogen-bond acceptors (Lipinski definition) is 5. The fourth-order valence-corrected chi connectivity index (χ4v) is 4.31. The SMILES string of the molecule is CCOc1ccc(S(=O)(=O)N[C@@H](Cc2ccccc2)C(=O)N[C@H](C)COC)cc1C. The number of nitrogens with one attached hydrogen (secondary N) is 2. The smallest absolute Gasteiger partial charge is 0.241 e. The van der Waals surface area contributed by atoms with Crippen LogP contribution in [0.1, 0.15) is 25.0 Å². The molecular weight excluding hydrogens is 404 g/mol. The fraction of sp³-hybridized carbons (Fsp3) is 0.409. The van der Waals surface area contributed by atoms with Crippen LogP contribution in [-0.4, -0.2) is 46.7 Å². The minimum atomic E-state index is -3.92. The molecule has 0 unspecified atom stereocenters. The predicted molar refractivity (Wildman–Crippen MR) is 116 cm³/mol. The standard InChI is InChI=1S/C22H30N2O5S/c1-5-29-21-12-11-19(13-16(21)2)30(26,27)24-20(14-18-9-7-6-8-10-18)22(25)23-17(3)15-28-4/h6-13,17,20,24H,5,14-15H2,1-4H3,(H,23,25)/t17-,20+/m1/s1. The minimum Gasteiger partial charge on any atom is -0.494 e. The number of aryl methyl sites for hydroxylation is 1. The summed E-state index contributed by atoms with van der Waals surface area (Å²) in [7, 11) is -2.38. The van der Waals surface area contributed by atoms with Crippen molar-refractivity contribution in [1.82, 2.24) is 10.0 Å². The molecule has 0 aromatic heterocycles. The highest BCUT2D eigenvalue weighted by Gasteiger charge is 2.27. The largest absolute Gasteiger partial charge is 0.494 e. The van der Waals surface area contributed by atoms with Crippen molar-refractivity contribution in [2.45, 2.75) is 44.2 Å². The van der Waals surface area contributed by atoms with Gasteiger partial charge in [0.15, 0.2) is 0 Å². The lowest BCUT2D eigenvalue weighted by molar-refractivity contribution is -0.123. The van der Waals surface area contributed by atoms with Crippen molar-refractivity contribution < 1.29 is 22.7 Å². The van der Waals surface area contributed by atoms with E-state index in [1.54, 1.807) is 33.1 Å². The Morgan fingerprint density at radius 3 is 2.43 bits per heavy atom. The molecule has 7 nitrogen and oxygen atoms in total. The Kier molecular flexibility index (Phi) is 8.83. The van der Waals surface area contributed by atoms with Gasteiger partial charge >= 0.3 is 0 Å². The molecule has 0 heterocycles. The molecule has 0 bridgehead atoms. The lowest BCUT2D eigenvalue weighted by Gasteiger charge is -2.21. The Balaban J connectivity index is 2.26. The molecule has 1 amide bonds. The normalized spacial score (nSPS) is 13.5. The quantitative estimate of drug-likeness (QED) is 0.567. The van der Waals surface area contributed by atoms with Gasteiger partial charge in [0.05, 0.1) is 18.1 Å². The molecule has 0 saturated heterocycles. The van der Waals surface area contributed by atoms with E-state index in [-0.39, 0.29) is 17.4 Å². The van der Waals surface area contributed by atoms with E-state index in [0.29, 0.717) is 24.5 Å². The zero-order chi connectivity index (χ0) is 22.1. The third kappa shape index (κ3) is 6.83. The van der Waals surface area contributed by atoms with Crippen molar-refractivity contribution in [2.75, 3.05) is 20.3 Å². The maximum atomic E-state index is 13.0. The van der Waals surface area contributed by atoms with Gasteiger partial charge in [0.25, 0.3) is 0 Å². The molecule has 2 atom stereocenters. The van der Waals surface area contributed by atoms with Gasteiger partial charge in [-0.25, -0.2) is 8.42 Å². The molecule has 0 aliphatic rings. The van der Waals surface area contributed by atoms with Crippen LogP contribution in [-0.2, 0) is 26.0 Å². The Morgan fingerprint density at radius 2 is 1.83 bits per heavy atom. The van der Waals surface area contributed by atoms with Gasteiger partial charge in [0.1, 0.15) is 11.8 Å². The average Bonchev–Trinajstić information content (AvgIpc) is 2.70. The molecule has 0 aliphatic heterocycles. The second kappa shape index (κ2) is 11.1. The maximum Gasteiger partial charge on any atom is 0.241 e. The summed E-state index contributed by atoms with van der Waals surface area (Å²) in [5, 5.41) is 2.80. The van der Waals surface area contributed by atoms with Crippen LogP contribution in [0, 0.1) is 6.92 Å². The van der Waals surface area contributed by atoms with E-state index in [2.05, 4.69) is 10.0 Å².